The molecular formula is C25H22F5N5O4. The minimum atomic E-state index is -2.51. The Morgan fingerprint density at radius 3 is 2.64 bits per heavy atom. The van der Waals surface area contributed by atoms with Gasteiger partial charge < -0.3 is 15.2 Å². The molecule has 9 nitrogen and oxygen atoms in total. The maximum atomic E-state index is 14.1. The van der Waals surface area contributed by atoms with Crippen molar-refractivity contribution >= 4 is 17.6 Å². The number of halogens is 5. The van der Waals surface area contributed by atoms with Crippen LogP contribution in [0.25, 0.3) is 0 Å². The van der Waals surface area contributed by atoms with Crippen LogP contribution >= 0.6 is 0 Å². The van der Waals surface area contributed by atoms with Crippen LogP contribution in [0.15, 0.2) is 36.5 Å². The van der Waals surface area contributed by atoms with Gasteiger partial charge in [0.2, 0.25) is 5.60 Å². The Balaban J connectivity index is 1.21. The van der Waals surface area contributed by atoms with E-state index in [4.69, 9.17) is 4.74 Å². The summed E-state index contributed by atoms with van der Waals surface area (Å²) in [5.74, 6) is -7.11. The van der Waals surface area contributed by atoms with Gasteiger partial charge in [-0.1, -0.05) is 0 Å². The molecule has 1 unspecified atom stereocenters. The molecule has 3 atom stereocenters. The van der Waals surface area contributed by atoms with Crippen molar-refractivity contribution < 1.29 is 41.4 Å². The van der Waals surface area contributed by atoms with E-state index < -0.39 is 64.7 Å². The number of nitrogens with one attached hydrogen (secondary N) is 1. The normalized spacial score (nSPS) is 23.3. The van der Waals surface area contributed by atoms with Gasteiger partial charge in [0, 0.05) is 36.7 Å². The first-order chi connectivity index (χ1) is 18.6. The van der Waals surface area contributed by atoms with E-state index in [1.807, 2.05) is 0 Å². The molecule has 0 bridgehead atoms. The van der Waals surface area contributed by atoms with Crippen LogP contribution in [0.2, 0.25) is 0 Å². The maximum absolute atomic E-state index is 14.1. The average molecular weight is 551 g/mol. The summed E-state index contributed by atoms with van der Waals surface area (Å²) in [7, 11) is 0. The number of ether oxygens (including phenoxy) is 1. The van der Waals surface area contributed by atoms with Crippen molar-refractivity contribution in [2.75, 3.05) is 18.1 Å². The number of aromatic nitrogens is 3. The molecule has 2 aliphatic heterocycles. The summed E-state index contributed by atoms with van der Waals surface area (Å²) in [6.45, 7) is -0.661. The third-order valence-corrected chi connectivity index (χ3v) is 6.84. The molecule has 5 rings (SSSR count). The predicted molar refractivity (Wildman–Crippen MR) is 123 cm³/mol. The molecule has 0 spiro atoms. The van der Waals surface area contributed by atoms with Crippen LogP contribution in [-0.4, -0.2) is 50.7 Å². The number of anilines is 1. The van der Waals surface area contributed by atoms with Gasteiger partial charge in [-0.2, -0.15) is 9.90 Å². The summed E-state index contributed by atoms with van der Waals surface area (Å²) in [4.78, 5) is 27.9. The van der Waals surface area contributed by atoms with Gasteiger partial charge in [-0.25, -0.2) is 22.0 Å². The highest BCUT2D eigenvalue weighted by Gasteiger charge is 2.52. The molecule has 0 radical (unpaired) electrons. The van der Waals surface area contributed by atoms with Gasteiger partial charge in [-0.3, -0.25) is 14.5 Å². The van der Waals surface area contributed by atoms with E-state index >= 15 is 0 Å². The van der Waals surface area contributed by atoms with Crippen LogP contribution in [-0.2, 0) is 20.9 Å². The number of aliphatic hydroxyl groups is 1. The Hall–Kier alpha value is -3.91. The van der Waals surface area contributed by atoms with Crippen LogP contribution in [0.3, 0.4) is 0 Å². The molecular weight excluding hydrogens is 529 g/mol. The zero-order valence-electron chi connectivity index (χ0n) is 20.2. The quantitative estimate of drug-likeness (QED) is 0.277. The van der Waals surface area contributed by atoms with E-state index in [0.29, 0.717) is 25.0 Å². The molecule has 2 saturated heterocycles. The fraction of sp³-hybridized carbons (Fsp3) is 0.360. The lowest BCUT2D eigenvalue weighted by molar-refractivity contribution is -0.149. The molecule has 2 N–H and O–H groups in total. The zero-order valence-corrected chi connectivity index (χ0v) is 20.2. The maximum Gasteiger partial charge on any atom is 0.270 e. The SMILES string of the molecule is O=C(NCc1cc(F)cc(F)c1F)C1(O)CCN(c2cnn([C@@H]3CC[C@@H](c4cc(F)ccc4F)OC3)n2)C1=O. The second-order valence-electron chi connectivity index (χ2n) is 9.35. The van der Waals surface area contributed by atoms with E-state index in [2.05, 4.69) is 15.5 Å². The lowest BCUT2D eigenvalue weighted by atomic mass is 9.98. The van der Waals surface area contributed by atoms with Gasteiger partial charge in [0.05, 0.1) is 24.9 Å². The number of benzene rings is 2. The summed E-state index contributed by atoms with van der Waals surface area (Å²) in [6.07, 6.45) is 1.13. The topological polar surface area (TPSA) is 110 Å². The highest BCUT2D eigenvalue weighted by molar-refractivity contribution is 6.16. The molecule has 0 aliphatic carbocycles. The number of carbonyl (C=O) groups is 2. The molecule has 1 aromatic heterocycles. The zero-order chi connectivity index (χ0) is 27.9. The predicted octanol–water partition coefficient (Wildman–Crippen LogP) is 2.85. The van der Waals surface area contributed by atoms with Crippen molar-refractivity contribution in [3.63, 3.8) is 0 Å². The second-order valence-corrected chi connectivity index (χ2v) is 9.35. The molecule has 14 heteroatoms. The van der Waals surface area contributed by atoms with Crippen molar-refractivity contribution in [2.45, 2.75) is 43.6 Å². The average Bonchev–Trinajstić information content (AvgIpc) is 3.52. The van der Waals surface area contributed by atoms with Crippen LogP contribution in [0.5, 0.6) is 0 Å². The first kappa shape index (κ1) is 26.7. The summed E-state index contributed by atoms with van der Waals surface area (Å²) in [5, 5.41) is 21.3. The summed E-state index contributed by atoms with van der Waals surface area (Å²) in [5.41, 5.74) is -2.89. The summed E-state index contributed by atoms with van der Waals surface area (Å²) in [6, 6.07) is 3.82. The van der Waals surface area contributed by atoms with Crippen LogP contribution in [0.4, 0.5) is 27.8 Å². The molecule has 2 aromatic carbocycles. The standard InChI is InChI=1S/C25H22F5N5O4/c26-14-1-3-18(28)17(8-14)20-4-2-16(12-39-20)35-32-11-21(33-35)34-6-5-25(38,24(34)37)23(36)31-10-13-7-15(27)9-19(29)22(13)30/h1,3,7-9,11,16,20,38H,2,4-6,10,12H2,(H,31,36)/t16-,20+,25?/m1/s1. The summed E-state index contributed by atoms with van der Waals surface area (Å²) >= 11 is 0. The van der Waals surface area contributed by atoms with Crippen molar-refractivity contribution in [3.8, 4) is 0 Å². The number of rotatable bonds is 6. The first-order valence-electron chi connectivity index (χ1n) is 12.0. The molecule has 206 valence electrons. The Labute approximate surface area is 218 Å². The van der Waals surface area contributed by atoms with Gasteiger partial charge in [-0.15, -0.1) is 5.10 Å². The molecule has 3 heterocycles. The van der Waals surface area contributed by atoms with Gasteiger partial charge in [0.15, 0.2) is 17.5 Å². The van der Waals surface area contributed by atoms with Crippen LogP contribution < -0.4 is 10.2 Å². The third-order valence-electron chi connectivity index (χ3n) is 6.84. The van der Waals surface area contributed by atoms with Crippen LogP contribution in [0, 0.1) is 29.1 Å². The highest BCUT2D eigenvalue weighted by atomic mass is 19.2. The van der Waals surface area contributed by atoms with Gasteiger partial charge in [0.25, 0.3) is 11.8 Å². The lowest BCUT2D eigenvalue weighted by Crippen LogP contribution is -2.52. The number of hydrogen-bond donors (Lipinski definition) is 2. The molecule has 0 saturated carbocycles. The summed E-state index contributed by atoms with van der Waals surface area (Å²) < 4.78 is 74.0. The molecule has 2 amide bonds. The Morgan fingerprint density at radius 2 is 1.90 bits per heavy atom. The minimum Gasteiger partial charge on any atom is -0.372 e. The third kappa shape index (κ3) is 5.08. The highest BCUT2D eigenvalue weighted by Crippen LogP contribution is 2.34. The van der Waals surface area contributed by atoms with Gasteiger partial charge in [0.1, 0.15) is 17.5 Å². The number of amides is 2. The van der Waals surface area contributed by atoms with Gasteiger partial charge in [-0.05, 0) is 37.1 Å². The Morgan fingerprint density at radius 1 is 1.10 bits per heavy atom. The van der Waals surface area contributed by atoms with E-state index in [-0.39, 0.29) is 37.0 Å². The largest absolute Gasteiger partial charge is 0.372 e. The van der Waals surface area contributed by atoms with Gasteiger partial charge >= 0.3 is 0 Å². The van der Waals surface area contributed by atoms with Crippen molar-refractivity contribution in [1.82, 2.24) is 20.3 Å². The van der Waals surface area contributed by atoms with E-state index in [0.717, 1.165) is 23.1 Å². The minimum absolute atomic E-state index is 0.0558. The number of carbonyl (C=O) groups excluding carboxylic acids is 2. The number of nitrogens with zero attached hydrogens (tertiary/aromatic N) is 4. The molecule has 39 heavy (non-hydrogen) atoms. The van der Waals surface area contributed by atoms with Crippen molar-refractivity contribution in [1.29, 1.82) is 0 Å². The van der Waals surface area contributed by atoms with Crippen molar-refractivity contribution in [2.24, 2.45) is 0 Å². The fourth-order valence-electron chi connectivity index (χ4n) is 4.69. The second kappa shape index (κ2) is 10.3. The van der Waals surface area contributed by atoms with E-state index in [1.165, 1.54) is 11.0 Å². The fourth-order valence-corrected chi connectivity index (χ4v) is 4.69. The first-order valence-corrected chi connectivity index (χ1v) is 12.0. The number of hydrogen-bond acceptors (Lipinski definition) is 6. The van der Waals surface area contributed by atoms with Crippen LogP contribution in [0.1, 0.15) is 42.5 Å². The van der Waals surface area contributed by atoms with Crippen molar-refractivity contribution in [3.05, 3.63) is 76.7 Å². The smallest absolute Gasteiger partial charge is 0.270 e. The Kier molecular flexibility index (Phi) is 7.07. The Bertz CT molecular complexity index is 1430. The molecule has 2 fully saturated rings. The molecule has 3 aromatic rings. The van der Waals surface area contributed by atoms with E-state index in [1.54, 1.807) is 0 Å². The monoisotopic (exact) mass is 551 g/mol. The molecule has 2 aliphatic rings. The van der Waals surface area contributed by atoms with E-state index in [9.17, 15) is 36.6 Å². The lowest BCUT2D eigenvalue weighted by Gasteiger charge is -2.29.